The second-order valence-electron chi connectivity index (χ2n) is 14.9. The van der Waals surface area contributed by atoms with Crippen molar-refractivity contribution >= 4 is 58.6 Å². The van der Waals surface area contributed by atoms with E-state index in [0.717, 1.165) is 20.9 Å². The highest BCUT2D eigenvalue weighted by atomic mass is 16.2. The van der Waals surface area contributed by atoms with Crippen LogP contribution in [0.25, 0.3) is 22.3 Å². The molecule has 0 atom stereocenters. The zero-order chi connectivity index (χ0) is 42.3. The highest BCUT2D eigenvalue weighted by Crippen LogP contribution is 2.36. The van der Waals surface area contributed by atoms with Gasteiger partial charge in [0, 0.05) is 14.1 Å². The van der Waals surface area contributed by atoms with Crippen molar-refractivity contribution in [1.82, 2.24) is 9.80 Å². The summed E-state index contributed by atoms with van der Waals surface area (Å²) in [7, 11) is 2.90. The molecular formula is C48H32N4O8. The summed E-state index contributed by atoms with van der Waals surface area (Å²) in [6.07, 6.45) is 0. The molecule has 292 valence electrons. The van der Waals surface area contributed by atoms with Crippen molar-refractivity contribution in [2.24, 2.45) is 0 Å². The summed E-state index contributed by atoms with van der Waals surface area (Å²) in [6, 6.07) is 34.5. The largest absolute Gasteiger partial charge is 0.277 e. The first-order valence-corrected chi connectivity index (χ1v) is 18.9. The monoisotopic (exact) mass is 792 g/mol. The van der Waals surface area contributed by atoms with Crippen LogP contribution in [0.15, 0.2) is 121 Å². The average molecular weight is 793 g/mol. The standard InChI is InChI=1S/2C24H16N2O4/c1-13-3-7-16(8-4-13)26-23(29)18-10-6-15(12-20(18)24(26)30)14-5-9-17-19(11-14)22(28)25(2)21(17)27;1-13-4-3-5-16(10-13)26-23(29)18-9-7-15(12-20(18)24(26)30)14-6-8-17-19(11-14)22(28)25(2)21(17)27/h2*3-12H,1-2H3. The Balaban J connectivity index is 0.000000154. The molecule has 12 nitrogen and oxygen atoms in total. The minimum atomic E-state index is -0.382. The molecule has 6 aromatic carbocycles. The van der Waals surface area contributed by atoms with E-state index in [-0.39, 0.29) is 47.3 Å². The molecule has 0 bridgehead atoms. The van der Waals surface area contributed by atoms with Gasteiger partial charge in [0.25, 0.3) is 47.3 Å². The molecule has 0 N–H and O–H groups in total. The van der Waals surface area contributed by atoms with Crippen LogP contribution < -0.4 is 9.80 Å². The van der Waals surface area contributed by atoms with Crippen molar-refractivity contribution in [3.63, 3.8) is 0 Å². The predicted octanol–water partition coefficient (Wildman–Crippen LogP) is 7.38. The van der Waals surface area contributed by atoms with E-state index in [1.807, 2.05) is 32.0 Å². The molecule has 4 heterocycles. The van der Waals surface area contributed by atoms with Crippen LogP contribution in [0.2, 0.25) is 0 Å². The third-order valence-electron chi connectivity index (χ3n) is 11.2. The molecule has 12 heteroatoms. The molecule has 0 unspecified atom stereocenters. The maximum absolute atomic E-state index is 13.0. The van der Waals surface area contributed by atoms with E-state index in [4.69, 9.17) is 0 Å². The molecule has 10 rings (SSSR count). The van der Waals surface area contributed by atoms with Gasteiger partial charge >= 0.3 is 0 Å². The number of rotatable bonds is 4. The van der Waals surface area contributed by atoms with Crippen LogP contribution in [-0.2, 0) is 0 Å². The van der Waals surface area contributed by atoms with Crippen LogP contribution in [-0.4, -0.2) is 71.2 Å². The maximum atomic E-state index is 13.0. The smallest absolute Gasteiger partial charge is 0.266 e. The summed E-state index contributed by atoms with van der Waals surface area (Å²) in [4.78, 5) is 105. The lowest BCUT2D eigenvalue weighted by atomic mass is 9.97. The van der Waals surface area contributed by atoms with Crippen LogP contribution >= 0.6 is 0 Å². The molecule has 60 heavy (non-hydrogen) atoms. The van der Waals surface area contributed by atoms with E-state index in [1.54, 1.807) is 103 Å². The molecule has 8 amide bonds. The van der Waals surface area contributed by atoms with Crippen LogP contribution in [0.5, 0.6) is 0 Å². The second-order valence-corrected chi connectivity index (χ2v) is 14.9. The van der Waals surface area contributed by atoms with Gasteiger partial charge in [0.1, 0.15) is 0 Å². The number of amides is 8. The van der Waals surface area contributed by atoms with Gasteiger partial charge in [-0.3, -0.25) is 48.2 Å². The summed E-state index contributed by atoms with van der Waals surface area (Å²) in [5.74, 6) is -2.84. The predicted molar refractivity (Wildman–Crippen MR) is 221 cm³/mol. The fourth-order valence-corrected chi connectivity index (χ4v) is 7.85. The van der Waals surface area contributed by atoms with Crippen molar-refractivity contribution in [2.45, 2.75) is 13.8 Å². The van der Waals surface area contributed by atoms with Crippen LogP contribution in [0.3, 0.4) is 0 Å². The van der Waals surface area contributed by atoms with Gasteiger partial charge in [0.15, 0.2) is 0 Å². The van der Waals surface area contributed by atoms with Gasteiger partial charge in [-0.15, -0.1) is 0 Å². The molecule has 4 aliphatic rings. The lowest BCUT2D eigenvalue weighted by Crippen LogP contribution is -2.29. The lowest BCUT2D eigenvalue weighted by molar-refractivity contribution is 0.0678. The molecule has 0 aliphatic carbocycles. The fourth-order valence-electron chi connectivity index (χ4n) is 7.85. The van der Waals surface area contributed by atoms with E-state index >= 15 is 0 Å². The first-order valence-electron chi connectivity index (χ1n) is 18.9. The van der Waals surface area contributed by atoms with Crippen LogP contribution in [0.1, 0.15) is 94.0 Å². The number of fused-ring (bicyclic) bond motifs is 4. The van der Waals surface area contributed by atoms with E-state index in [1.165, 1.54) is 23.9 Å². The van der Waals surface area contributed by atoms with Gasteiger partial charge in [0.2, 0.25) is 0 Å². The Hall–Kier alpha value is -8.12. The zero-order valence-corrected chi connectivity index (χ0v) is 32.6. The Kier molecular flexibility index (Phi) is 8.60. The molecular weight excluding hydrogens is 761 g/mol. The number of hydrogen-bond donors (Lipinski definition) is 0. The normalized spacial score (nSPS) is 15.1. The fraction of sp³-hybridized carbons (Fsp3) is 0.0833. The third kappa shape index (κ3) is 5.76. The summed E-state index contributed by atoms with van der Waals surface area (Å²) in [6.45, 7) is 3.84. The van der Waals surface area contributed by atoms with Crippen molar-refractivity contribution < 1.29 is 38.4 Å². The number of aryl methyl sites for hydroxylation is 2. The van der Waals surface area contributed by atoms with Crippen molar-refractivity contribution in [3.05, 3.63) is 177 Å². The quantitative estimate of drug-likeness (QED) is 0.168. The number of imide groups is 4. The van der Waals surface area contributed by atoms with Crippen molar-refractivity contribution in [3.8, 4) is 22.3 Å². The number of nitrogens with zero attached hydrogens (tertiary/aromatic N) is 4. The molecule has 0 saturated carbocycles. The van der Waals surface area contributed by atoms with Crippen molar-refractivity contribution in [2.75, 3.05) is 23.9 Å². The van der Waals surface area contributed by atoms with E-state index in [2.05, 4.69) is 0 Å². The van der Waals surface area contributed by atoms with E-state index < -0.39 is 0 Å². The Bertz CT molecular complexity index is 3000. The summed E-state index contributed by atoms with van der Waals surface area (Å²) in [5.41, 5.74) is 8.56. The molecule has 0 fully saturated rings. The number of hydrogen-bond acceptors (Lipinski definition) is 8. The number of anilines is 2. The highest BCUT2D eigenvalue weighted by Gasteiger charge is 2.39. The topological polar surface area (TPSA) is 150 Å². The molecule has 0 radical (unpaired) electrons. The minimum absolute atomic E-state index is 0.318. The number of benzene rings is 6. The highest BCUT2D eigenvalue weighted by molar-refractivity contribution is 6.35. The van der Waals surface area contributed by atoms with E-state index in [0.29, 0.717) is 78.1 Å². The molecule has 4 aliphatic heterocycles. The van der Waals surface area contributed by atoms with Gasteiger partial charge in [-0.05, 0) is 114 Å². The van der Waals surface area contributed by atoms with Gasteiger partial charge in [-0.25, -0.2) is 9.80 Å². The molecule has 0 saturated heterocycles. The summed E-state index contributed by atoms with van der Waals surface area (Å²) < 4.78 is 0. The molecule has 0 spiro atoms. The first-order chi connectivity index (χ1) is 28.7. The number of carbonyl (C=O) groups is 8. The van der Waals surface area contributed by atoms with Crippen LogP contribution in [0.4, 0.5) is 11.4 Å². The Morgan fingerprint density at radius 1 is 0.300 bits per heavy atom. The summed E-state index contributed by atoms with van der Waals surface area (Å²) in [5, 5.41) is 0. The summed E-state index contributed by atoms with van der Waals surface area (Å²) >= 11 is 0. The van der Waals surface area contributed by atoms with Gasteiger partial charge in [0.05, 0.1) is 55.9 Å². The molecule has 6 aromatic rings. The maximum Gasteiger partial charge on any atom is 0.266 e. The van der Waals surface area contributed by atoms with Gasteiger partial charge in [-0.1, -0.05) is 54.1 Å². The van der Waals surface area contributed by atoms with Gasteiger partial charge in [-0.2, -0.15) is 0 Å². The number of carbonyl (C=O) groups excluding carboxylic acids is 8. The second kappa shape index (κ2) is 13.8. The van der Waals surface area contributed by atoms with Crippen molar-refractivity contribution in [1.29, 1.82) is 0 Å². The molecule has 0 aromatic heterocycles. The van der Waals surface area contributed by atoms with E-state index in [9.17, 15) is 38.4 Å². The SMILES string of the molecule is Cc1ccc(N2C(=O)c3ccc(-c4ccc5c(c4)C(=O)N(C)C5=O)cc3C2=O)cc1.Cc1cccc(N2C(=O)c3ccc(-c4ccc5c(c4)C(=O)N(C)C5=O)cc3C2=O)c1. The zero-order valence-electron chi connectivity index (χ0n) is 32.6. The third-order valence-corrected chi connectivity index (χ3v) is 11.2. The first kappa shape index (κ1) is 37.5. The minimum Gasteiger partial charge on any atom is -0.277 e. The lowest BCUT2D eigenvalue weighted by Gasteiger charge is -2.14. The Labute approximate surface area is 342 Å². The van der Waals surface area contributed by atoms with Gasteiger partial charge < -0.3 is 0 Å². The Morgan fingerprint density at radius 2 is 0.633 bits per heavy atom. The average Bonchev–Trinajstić information content (AvgIpc) is 3.83. The van der Waals surface area contributed by atoms with Crippen LogP contribution in [0, 0.1) is 13.8 Å². The Morgan fingerprint density at radius 3 is 1.03 bits per heavy atom.